The van der Waals surface area contributed by atoms with Gasteiger partial charge in [0, 0.05) is 18.7 Å². The number of aryl methyl sites for hydroxylation is 1. The molecule has 110 valence electrons. The van der Waals surface area contributed by atoms with Crippen molar-refractivity contribution < 1.29 is 9.66 Å². The van der Waals surface area contributed by atoms with E-state index in [1.54, 1.807) is 24.3 Å². The molecule has 21 heavy (non-hydrogen) atoms. The van der Waals surface area contributed by atoms with Crippen molar-refractivity contribution in [2.45, 2.75) is 20.3 Å². The number of pyridine rings is 1. The van der Waals surface area contributed by atoms with Gasteiger partial charge < -0.3 is 10.1 Å². The van der Waals surface area contributed by atoms with Gasteiger partial charge in [-0.25, -0.2) is 0 Å². The van der Waals surface area contributed by atoms with Gasteiger partial charge in [0.25, 0.3) is 0 Å². The standard InChI is InChI=1S/C15H17N3O3/c1-3-9-16-14-5-4-6-15(17-14)21-13-10-11(2)7-8-12(13)18(19)20/h4-8,10H,3,9H2,1-2H3,(H,16,17). The van der Waals surface area contributed by atoms with Crippen LogP contribution in [0.2, 0.25) is 0 Å². The highest BCUT2D eigenvalue weighted by atomic mass is 16.6. The topological polar surface area (TPSA) is 77.3 Å². The molecule has 6 nitrogen and oxygen atoms in total. The Kier molecular flexibility index (Phi) is 4.71. The van der Waals surface area contributed by atoms with Crippen LogP contribution in [0.5, 0.6) is 11.6 Å². The summed E-state index contributed by atoms with van der Waals surface area (Å²) in [6, 6.07) is 10.0. The Morgan fingerprint density at radius 3 is 2.86 bits per heavy atom. The molecule has 0 aliphatic rings. The average Bonchev–Trinajstić information content (AvgIpc) is 2.45. The first-order valence-electron chi connectivity index (χ1n) is 6.74. The van der Waals surface area contributed by atoms with Crippen LogP contribution in [0.3, 0.4) is 0 Å². The van der Waals surface area contributed by atoms with Crippen LogP contribution in [0.4, 0.5) is 11.5 Å². The minimum Gasteiger partial charge on any atom is -0.432 e. The Morgan fingerprint density at radius 1 is 1.33 bits per heavy atom. The van der Waals surface area contributed by atoms with Crippen LogP contribution in [-0.2, 0) is 0 Å². The lowest BCUT2D eigenvalue weighted by atomic mass is 10.2. The summed E-state index contributed by atoms with van der Waals surface area (Å²) in [5, 5.41) is 14.2. The molecule has 1 N–H and O–H groups in total. The molecule has 1 aromatic carbocycles. The maximum Gasteiger partial charge on any atom is 0.311 e. The number of ether oxygens (including phenoxy) is 1. The number of nitro groups is 1. The molecular formula is C15H17N3O3. The number of nitrogens with zero attached hydrogens (tertiary/aromatic N) is 2. The molecule has 0 fully saturated rings. The summed E-state index contributed by atoms with van der Waals surface area (Å²) >= 11 is 0. The number of benzene rings is 1. The molecule has 1 heterocycles. The van der Waals surface area contributed by atoms with Crippen molar-refractivity contribution >= 4 is 11.5 Å². The van der Waals surface area contributed by atoms with Crippen LogP contribution in [0.25, 0.3) is 0 Å². The third-order valence-corrected chi connectivity index (χ3v) is 2.81. The first-order valence-corrected chi connectivity index (χ1v) is 6.74. The van der Waals surface area contributed by atoms with Crippen LogP contribution in [0.1, 0.15) is 18.9 Å². The summed E-state index contributed by atoms with van der Waals surface area (Å²) in [7, 11) is 0. The van der Waals surface area contributed by atoms with E-state index in [9.17, 15) is 10.1 Å². The van der Waals surface area contributed by atoms with E-state index in [1.807, 2.05) is 13.0 Å². The zero-order valence-corrected chi connectivity index (χ0v) is 12.0. The third kappa shape index (κ3) is 3.92. The largest absolute Gasteiger partial charge is 0.432 e. The Morgan fingerprint density at radius 2 is 2.14 bits per heavy atom. The molecule has 0 atom stereocenters. The number of nitro benzene ring substituents is 1. The molecule has 0 spiro atoms. The van der Waals surface area contributed by atoms with E-state index in [0.717, 1.165) is 18.5 Å². The molecule has 0 radical (unpaired) electrons. The van der Waals surface area contributed by atoms with Gasteiger partial charge in [-0.05, 0) is 31.0 Å². The molecule has 6 heteroatoms. The fourth-order valence-corrected chi connectivity index (χ4v) is 1.79. The van der Waals surface area contributed by atoms with Crippen LogP contribution in [-0.4, -0.2) is 16.5 Å². The van der Waals surface area contributed by atoms with E-state index in [4.69, 9.17) is 4.74 Å². The highest BCUT2D eigenvalue weighted by Gasteiger charge is 2.16. The molecule has 0 amide bonds. The second-order valence-electron chi connectivity index (χ2n) is 4.62. The molecule has 0 saturated carbocycles. The fourth-order valence-electron chi connectivity index (χ4n) is 1.79. The molecule has 1 aromatic heterocycles. The Hall–Kier alpha value is -2.63. The number of hydrogen-bond acceptors (Lipinski definition) is 5. The minimum absolute atomic E-state index is 0.0747. The van der Waals surface area contributed by atoms with E-state index in [-0.39, 0.29) is 11.4 Å². The van der Waals surface area contributed by atoms with Crippen LogP contribution >= 0.6 is 0 Å². The van der Waals surface area contributed by atoms with Gasteiger partial charge >= 0.3 is 5.69 Å². The highest BCUT2D eigenvalue weighted by Crippen LogP contribution is 2.31. The fraction of sp³-hybridized carbons (Fsp3) is 0.267. The van der Waals surface area contributed by atoms with Crippen LogP contribution in [0.15, 0.2) is 36.4 Å². The number of aromatic nitrogens is 1. The first kappa shape index (κ1) is 14.8. The number of anilines is 1. The normalized spacial score (nSPS) is 10.2. The molecule has 2 rings (SSSR count). The van der Waals surface area contributed by atoms with Gasteiger partial charge in [0.05, 0.1) is 4.92 Å². The van der Waals surface area contributed by atoms with E-state index in [1.165, 1.54) is 6.07 Å². The molecule has 0 aliphatic carbocycles. The lowest BCUT2D eigenvalue weighted by Gasteiger charge is -2.08. The Balaban J connectivity index is 2.25. The zero-order chi connectivity index (χ0) is 15.2. The summed E-state index contributed by atoms with van der Waals surface area (Å²) in [6.45, 7) is 4.72. The lowest BCUT2D eigenvalue weighted by molar-refractivity contribution is -0.385. The molecule has 0 bridgehead atoms. The van der Waals surface area contributed by atoms with Crippen molar-refractivity contribution in [3.63, 3.8) is 0 Å². The van der Waals surface area contributed by atoms with Gasteiger partial charge in [-0.15, -0.1) is 0 Å². The smallest absolute Gasteiger partial charge is 0.311 e. The van der Waals surface area contributed by atoms with Crippen molar-refractivity contribution in [3.05, 3.63) is 52.1 Å². The monoisotopic (exact) mass is 287 g/mol. The van der Waals surface area contributed by atoms with Crippen molar-refractivity contribution in [1.29, 1.82) is 0 Å². The summed E-state index contributed by atoms with van der Waals surface area (Å²) in [4.78, 5) is 14.8. The second kappa shape index (κ2) is 6.69. The average molecular weight is 287 g/mol. The minimum atomic E-state index is -0.464. The molecule has 0 unspecified atom stereocenters. The summed E-state index contributed by atoms with van der Waals surface area (Å²) in [6.07, 6.45) is 0.982. The van der Waals surface area contributed by atoms with E-state index >= 15 is 0 Å². The van der Waals surface area contributed by atoms with Crippen LogP contribution in [0, 0.1) is 17.0 Å². The van der Waals surface area contributed by atoms with Gasteiger partial charge in [0.2, 0.25) is 11.6 Å². The van der Waals surface area contributed by atoms with Gasteiger partial charge in [-0.1, -0.05) is 19.1 Å². The van der Waals surface area contributed by atoms with Gasteiger partial charge in [-0.2, -0.15) is 4.98 Å². The molecule has 2 aromatic rings. The van der Waals surface area contributed by atoms with Gasteiger partial charge in [0.1, 0.15) is 5.82 Å². The summed E-state index contributed by atoms with van der Waals surface area (Å²) in [5.41, 5.74) is 0.810. The molecular weight excluding hydrogens is 270 g/mol. The maximum atomic E-state index is 11.0. The number of nitrogens with one attached hydrogen (secondary N) is 1. The maximum absolute atomic E-state index is 11.0. The predicted octanol–water partition coefficient (Wildman–Crippen LogP) is 3.91. The van der Waals surface area contributed by atoms with Gasteiger partial charge in [0.15, 0.2) is 0 Å². The predicted molar refractivity (Wildman–Crippen MR) is 80.9 cm³/mol. The second-order valence-corrected chi connectivity index (χ2v) is 4.62. The SMILES string of the molecule is CCCNc1cccc(Oc2cc(C)ccc2[N+](=O)[O-])n1. The van der Waals surface area contributed by atoms with E-state index in [2.05, 4.69) is 17.2 Å². The molecule has 0 aliphatic heterocycles. The summed E-state index contributed by atoms with van der Waals surface area (Å²) < 4.78 is 5.58. The number of hydrogen-bond donors (Lipinski definition) is 1. The van der Waals surface area contributed by atoms with Gasteiger partial charge in [-0.3, -0.25) is 10.1 Å². The Bertz CT molecular complexity index is 644. The van der Waals surface area contributed by atoms with E-state index in [0.29, 0.717) is 11.7 Å². The molecule has 0 saturated heterocycles. The first-order chi connectivity index (χ1) is 10.1. The summed E-state index contributed by atoms with van der Waals surface area (Å²) in [5.74, 6) is 1.20. The van der Waals surface area contributed by atoms with Crippen molar-refractivity contribution in [2.75, 3.05) is 11.9 Å². The van der Waals surface area contributed by atoms with Crippen LogP contribution < -0.4 is 10.1 Å². The van der Waals surface area contributed by atoms with Crippen molar-refractivity contribution in [1.82, 2.24) is 4.98 Å². The lowest BCUT2D eigenvalue weighted by Crippen LogP contribution is -2.02. The van der Waals surface area contributed by atoms with Crippen molar-refractivity contribution in [2.24, 2.45) is 0 Å². The third-order valence-electron chi connectivity index (χ3n) is 2.81. The quantitative estimate of drug-likeness (QED) is 0.643. The van der Waals surface area contributed by atoms with Crippen molar-refractivity contribution in [3.8, 4) is 11.6 Å². The number of rotatable bonds is 6. The Labute approximate surface area is 122 Å². The zero-order valence-electron chi connectivity index (χ0n) is 12.0. The van der Waals surface area contributed by atoms with E-state index < -0.39 is 4.92 Å². The highest BCUT2D eigenvalue weighted by molar-refractivity contribution is 5.50.